The first kappa shape index (κ1) is 17.0. The van der Waals surface area contributed by atoms with E-state index in [0.717, 1.165) is 16.2 Å². The molecule has 0 aliphatic carbocycles. The molecule has 3 nitrogen and oxygen atoms in total. The number of rotatable bonds is 2. The van der Waals surface area contributed by atoms with Gasteiger partial charge >= 0.3 is 0 Å². The van der Waals surface area contributed by atoms with E-state index < -0.39 is 0 Å². The number of para-hydroxylation sites is 2. The normalized spacial score (nSPS) is 12.1. The SMILES string of the molecule is O=c1c2ccc(F)cc2n(-c2ccccc2)c2ssc(=Nc3ccccc3)c12. The van der Waals surface area contributed by atoms with E-state index in [1.807, 2.05) is 65.2 Å². The summed E-state index contributed by atoms with van der Waals surface area (Å²) >= 11 is 0. The molecule has 0 aliphatic heterocycles. The van der Waals surface area contributed by atoms with E-state index in [1.54, 1.807) is 6.07 Å². The van der Waals surface area contributed by atoms with Gasteiger partial charge in [-0.1, -0.05) is 57.1 Å². The molecule has 0 atom stereocenters. The zero-order valence-corrected chi connectivity index (χ0v) is 16.1. The van der Waals surface area contributed by atoms with Crippen LogP contribution in [0, 0.1) is 5.82 Å². The summed E-state index contributed by atoms with van der Waals surface area (Å²) in [5, 5.41) is 1.05. The molecule has 0 bridgehead atoms. The maximum atomic E-state index is 14.0. The van der Waals surface area contributed by atoms with Crippen molar-refractivity contribution in [1.82, 2.24) is 4.57 Å². The first-order chi connectivity index (χ1) is 13.7. The van der Waals surface area contributed by atoms with E-state index in [4.69, 9.17) is 4.99 Å². The van der Waals surface area contributed by atoms with E-state index in [1.165, 1.54) is 32.8 Å². The minimum atomic E-state index is -0.370. The fourth-order valence-corrected chi connectivity index (χ4v) is 5.75. The number of pyridine rings is 1. The van der Waals surface area contributed by atoms with Gasteiger partial charge in [-0.25, -0.2) is 9.38 Å². The van der Waals surface area contributed by atoms with E-state index in [2.05, 4.69) is 0 Å². The highest BCUT2D eigenvalue weighted by Gasteiger charge is 2.16. The van der Waals surface area contributed by atoms with Gasteiger partial charge in [-0.05, 0) is 42.5 Å². The molecule has 0 saturated heterocycles. The number of aromatic nitrogens is 1. The number of hydrogen-bond acceptors (Lipinski definition) is 4. The molecule has 5 aromatic rings. The Bertz CT molecular complexity index is 1430. The van der Waals surface area contributed by atoms with Crippen molar-refractivity contribution >= 4 is 47.5 Å². The van der Waals surface area contributed by atoms with Gasteiger partial charge in [-0.2, -0.15) is 0 Å². The van der Waals surface area contributed by atoms with Gasteiger partial charge in [0.15, 0.2) is 0 Å². The van der Waals surface area contributed by atoms with Gasteiger partial charge in [0.1, 0.15) is 15.3 Å². The Hall–Kier alpha value is -3.09. The Balaban J connectivity index is 1.97. The first-order valence-electron chi connectivity index (χ1n) is 8.65. The Morgan fingerprint density at radius 2 is 1.57 bits per heavy atom. The van der Waals surface area contributed by atoms with Gasteiger partial charge in [0, 0.05) is 11.1 Å². The number of halogens is 1. The van der Waals surface area contributed by atoms with Gasteiger partial charge in [-0.3, -0.25) is 9.36 Å². The molecule has 0 unspecified atom stereocenters. The fraction of sp³-hybridized carbons (Fsp3) is 0. The summed E-state index contributed by atoms with van der Waals surface area (Å²) in [6.07, 6.45) is 0. The van der Waals surface area contributed by atoms with Crippen LogP contribution in [0.15, 0.2) is 88.6 Å². The molecule has 0 fully saturated rings. The standard InChI is InChI=1S/C22H13FN2OS2/c23-14-11-12-17-18(13-14)25(16-9-5-2-6-10-16)22-19(20(17)26)21(27-28-22)24-15-7-3-1-4-8-15/h1-13H. The van der Waals surface area contributed by atoms with Crippen molar-refractivity contribution < 1.29 is 4.39 Å². The molecule has 3 aromatic carbocycles. The van der Waals surface area contributed by atoms with Crippen molar-refractivity contribution in [3.63, 3.8) is 0 Å². The molecule has 6 heteroatoms. The predicted octanol–water partition coefficient (Wildman–Crippen LogP) is 5.64. The van der Waals surface area contributed by atoms with Crippen LogP contribution < -0.4 is 10.1 Å². The van der Waals surface area contributed by atoms with E-state index in [0.29, 0.717) is 21.0 Å². The van der Waals surface area contributed by atoms with Crippen molar-refractivity contribution in [2.45, 2.75) is 0 Å². The maximum Gasteiger partial charge on any atom is 0.201 e. The third-order valence-corrected chi connectivity index (χ3v) is 6.78. The molecule has 2 aromatic heterocycles. The van der Waals surface area contributed by atoms with Crippen LogP contribution in [-0.2, 0) is 0 Å². The molecule has 0 N–H and O–H groups in total. The lowest BCUT2D eigenvalue weighted by Gasteiger charge is -2.12. The highest BCUT2D eigenvalue weighted by atomic mass is 32.9. The van der Waals surface area contributed by atoms with Crippen LogP contribution in [-0.4, -0.2) is 4.57 Å². The molecule has 5 rings (SSSR count). The summed E-state index contributed by atoms with van der Waals surface area (Å²) in [5.74, 6) is -0.370. The van der Waals surface area contributed by atoms with E-state index in [9.17, 15) is 9.18 Å². The summed E-state index contributed by atoms with van der Waals surface area (Å²) in [6, 6.07) is 23.6. The summed E-state index contributed by atoms with van der Waals surface area (Å²) in [5.41, 5.74) is 2.11. The van der Waals surface area contributed by atoms with Crippen molar-refractivity contribution in [2.75, 3.05) is 0 Å². The zero-order valence-electron chi connectivity index (χ0n) is 14.5. The van der Waals surface area contributed by atoms with Gasteiger partial charge in [0.25, 0.3) is 0 Å². The van der Waals surface area contributed by atoms with Gasteiger partial charge in [-0.15, -0.1) is 0 Å². The second kappa shape index (κ2) is 6.82. The Kier molecular flexibility index (Phi) is 4.15. The van der Waals surface area contributed by atoms with Crippen LogP contribution in [0.4, 0.5) is 10.1 Å². The molecular formula is C22H13FN2OS2. The highest BCUT2D eigenvalue weighted by Crippen LogP contribution is 2.28. The summed E-state index contributed by atoms with van der Waals surface area (Å²) < 4.78 is 16.6. The van der Waals surface area contributed by atoms with Crippen LogP contribution in [0.5, 0.6) is 0 Å². The van der Waals surface area contributed by atoms with Crippen LogP contribution in [0.25, 0.3) is 26.8 Å². The second-order valence-electron chi connectivity index (χ2n) is 6.26. The lowest BCUT2D eigenvalue weighted by atomic mass is 10.1. The van der Waals surface area contributed by atoms with Crippen LogP contribution >= 0.6 is 20.7 Å². The zero-order chi connectivity index (χ0) is 19.1. The molecule has 0 saturated carbocycles. The summed E-state index contributed by atoms with van der Waals surface area (Å²) in [4.78, 5) is 18.7. The average molecular weight is 404 g/mol. The van der Waals surface area contributed by atoms with Crippen molar-refractivity contribution in [3.8, 4) is 5.69 Å². The number of nitrogens with zero attached hydrogens (tertiary/aromatic N) is 2. The lowest BCUT2D eigenvalue weighted by molar-refractivity contribution is 0.629. The first-order valence-corrected chi connectivity index (χ1v) is 10.8. The quantitative estimate of drug-likeness (QED) is 0.351. The maximum absolute atomic E-state index is 14.0. The van der Waals surface area contributed by atoms with Crippen molar-refractivity contribution in [1.29, 1.82) is 0 Å². The number of benzene rings is 3. The number of fused-ring (bicyclic) bond motifs is 2. The molecule has 0 aliphatic rings. The minimum Gasteiger partial charge on any atom is -0.300 e. The monoisotopic (exact) mass is 404 g/mol. The van der Waals surface area contributed by atoms with Crippen LogP contribution in [0.1, 0.15) is 0 Å². The molecular weight excluding hydrogens is 391 g/mol. The van der Waals surface area contributed by atoms with Gasteiger partial charge < -0.3 is 0 Å². The molecule has 0 spiro atoms. The smallest absolute Gasteiger partial charge is 0.201 e. The van der Waals surface area contributed by atoms with E-state index in [-0.39, 0.29) is 11.2 Å². The largest absolute Gasteiger partial charge is 0.300 e. The molecule has 0 radical (unpaired) electrons. The average Bonchev–Trinajstić information content (AvgIpc) is 3.13. The Morgan fingerprint density at radius 3 is 2.32 bits per heavy atom. The highest BCUT2D eigenvalue weighted by molar-refractivity contribution is 7.71. The third kappa shape index (κ3) is 2.78. The fourth-order valence-electron chi connectivity index (χ4n) is 3.25. The topological polar surface area (TPSA) is 34.4 Å². The Morgan fingerprint density at radius 1 is 0.857 bits per heavy atom. The van der Waals surface area contributed by atoms with Crippen molar-refractivity contribution in [3.05, 3.63) is 99.6 Å². The van der Waals surface area contributed by atoms with Crippen molar-refractivity contribution in [2.24, 2.45) is 4.99 Å². The van der Waals surface area contributed by atoms with Crippen LogP contribution in [0.3, 0.4) is 0 Å². The van der Waals surface area contributed by atoms with E-state index >= 15 is 0 Å². The molecule has 2 heterocycles. The second-order valence-corrected chi connectivity index (χ2v) is 8.37. The molecule has 136 valence electrons. The molecule has 0 amide bonds. The number of hydrogen-bond donors (Lipinski definition) is 0. The van der Waals surface area contributed by atoms with Gasteiger partial charge in [0.05, 0.1) is 16.6 Å². The Labute approximate surface area is 166 Å². The van der Waals surface area contributed by atoms with Gasteiger partial charge in [0.2, 0.25) is 5.43 Å². The molecule has 28 heavy (non-hydrogen) atoms. The summed E-state index contributed by atoms with van der Waals surface area (Å²) in [7, 11) is 2.93. The minimum absolute atomic E-state index is 0.121. The predicted molar refractivity (Wildman–Crippen MR) is 114 cm³/mol. The summed E-state index contributed by atoms with van der Waals surface area (Å²) in [6.45, 7) is 0. The third-order valence-electron chi connectivity index (χ3n) is 4.50. The lowest BCUT2D eigenvalue weighted by Crippen LogP contribution is -2.14. The van der Waals surface area contributed by atoms with Crippen LogP contribution in [0.2, 0.25) is 0 Å².